The first kappa shape index (κ1) is 21.4. The fourth-order valence-corrected chi connectivity index (χ4v) is 5.54. The largest absolute Gasteiger partial charge is 0.354 e. The Hall–Kier alpha value is -1.88. The molecule has 1 saturated carbocycles. The summed E-state index contributed by atoms with van der Waals surface area (Å²) in [5, 5.41) is 3.22. The molecule has 5 nitrogen and oxygen atoms in total. The number of carbonyl (C=O) groups is 2. The third kappa shape index (κ3) is 4.72. The van der Waals surface area contributed by atoms with Gasteiger partial charge in [0.2, 0.25) is 5.91 Å². The minimum Gasteiger partial charge on any atom is -0.354 e. The predicted octanol–water partition coefficient (Wildman–Crippen LogP) is 3.56. The van der Waals surface area contributed by atoms with Crippen molar-refractivity contribution in [2.24, 2.45) is 17.3 Å². The molecule has 5 heteroatoms. The third-order valence-electron chi connectivity index (χ3n) is 7.33. The molecule has 2 amide bonds. The molecule has 1 aromatic rings. The number of rotatable bonds is 6. The highest BCUT2D eigenvalue weighted by atomic mass is 16.2. The van der Waals surface area contributed by atoms with Gasteiger partial charge in [-0.1, -0.05) is 32.0 Å². The Labute approximate surface area is 181 Å². The van der Waals surface area contributed by atoms with Crippen LogP contribution in [0.1, 0.15) is 62.7 Å². The van der Waals surface area contributed by atoms with E-state index in [0.29, 0.717) is 12.5 Å². The molecule has 2 heterocycles. The van der Waals surface area contributed by atoms with Crippen molar-refractivity contribution in [1.82, 2.24) is 15.1 Å². The first-order valence-electron chi connectivity index (χ1n) is 11.8. The maximum Gasteiger partial charge on any atom is 0.254 e. The zero-order valence-electron chi connectivity index (χ0n) is 18.6. The van der Waals surface area contributed by atoms with Gasteiger partial charge in [0.1, 0.15) is 0 Å². The summed E-state index contributed by atoms with van der Waals surface area (Å²) in [6.45, 7) is 9.28. The third-order valence-corrected chi connectivity index (χ3v) is 7.33. The van der Waals surface area contributed by atoms with E-state index in [4.69, 9.17) is 0 Å². The molecule has 30 heavy (non-hydrogen) atoms. The number of benzene rings is 1. The minimum atomic E-state index is 0.0860. The second kappa shape index (κ2) is 9.09. The number of nitrogens with zero attached hydrogens (tertiary/aromatic N) is 2. The van der Waals surface area contributed by atoms with E-state index in [-0.39, 0.29) is 29.2 Å². The maximum atomic E-state index is 13.4. The van der Waals surface area contributed by atoms with Crippen LogP contribution in [0.15, 0.2) is 30.3 Å². The van der Waals surface area contributed by atoms with Crippen LogP contribution in [0.5, 0.6) is 0 Å². The van der Waals surface area contributed by atoms with Crippen LogP contribution in [0.3, 0.4) is 0 Å². The minimum absolute atomic E-state index is 0.0860. The predicted molar refractivity (Wildman–Crippen MR) is 119 cm³/mol. The van der Waals surface area contributed by atoms with E-state index in [0.717, 1.165) is 70.3 Å². The average Bonchev–Trinajstić information content (AvgIpc) is 3.60. The molecular weight excluding hydrogens is 374 g/mol. The summed E-state index contributed by atoms with van der Waals surface area (Å²) < 4.78 is 0. The van der Waals surface area contributed by atoms with Gasteiger partial charge in [-0.2, -0.15) is 0 Å². The van der Waals surface area contributed by atoms with Gasteiger partial charge in [-0.05, 0) is 75.1 Å². The zero-order chi connectivity index (χ0) is 21.1. The molecule has 1 aliphatic carbocycles. The first-order valence-corrected chi connectivity index (χ1v) is 11.8. The highest BCUT2D eigenvalue weighted by molar-refractivity contribution is 5.94. The highest BCUT2D eigenvalue weighted by Gasteiger charge is 2.48. The second-order valence-corrected chi connectivity index (χ2v) is 10.1. The van der Waals surface area contributed by atoms with E-state index in [9.17, 15) is 9.59 Å². The van der Waals surface area contributed by atoms with Crippen LogP contribution in [0.2, 0.25) is 0 Å². The van der Waals surface area contributed by atoms with Crippen molar-refractivity contribution < 1.29 is 9.59 Å². The molecule has 1 aromatic carbocycles. The summed E-state index contributed by atoms with van der Waals surface area (Å²) in [6, 6.07) is 9.72. The number of piperidine rings is 2. The van der Waals surface area contributed by atoms with Crippen molar-refractivity contribution in [3.63, 3.8) is 0 Å². The smallest absolute Gasteiger partial charge is 0.254 e. The van der Waals surface area contributed by atoms with Gasteiger partial charge in [0.15, 0.2) is 0 Å². The van der Waals surface area contributed by atoms with Crippen LogP contribution in [0.25, 0.3) is 0 Å². The Morgan fingerprint density at radius 1 is 1.07 bits per heavy atom. The van der Waals surface area contributed by atoms with Crippen LogP contribution < -0.4 is 5.32 Å². The highest BCUT2D eigenvalue weighted by Crippen LogP contribution is 2.45. The van der Waals surface area contributed by atoms with Crippen LogP contribution in [-0.2, 0) is 4.79 Å². The van der Waals surface area contributed by atoms with E-state index in [1.807, 2.05) is 30.3 Å². The normalized spacial score (nSPS) is 24.2. The molecular formula is C25H37N3O2. The topological polar surface area (TPSA) is 52.6 Å². The van der Waals surface area contributed by atoms with E-state index >= 15 is 0 Å². The quantitative estimate of drug-likeness (QED) is 0.779. The van der Waals surface area contributed by atoms with Gasteiger partial charge >= 0.3 is 0 Å². The van der Waals surface area contributed by atoms with Gasteiger partial charge in [-0.25, -0.2) is 0 Å². The van der Waals surface area contributed by atoms with Crippen LogP contribution in [0, 0.1) is 17.3 Å². The molecule has 1 spiro atoms. The molecule has 0 radical (unpaired) electrons. The monoisotopic (exact) mass is 411 g/mol. The van der Waals surface area contributed by atoms with Gasteiger partial charge in [-0.3, -0.25) is 9.59 Å². The summed E-state index contributed by atoms with van der Waals surface area (Å²) in [7, 11) is 0. The van der Waals surface area contributed by atoms with Gasteiger partial charge in [0.25, 0.3) is 5.91 Å². The molecule has 0 bridgehead atoms. The van der Waals surface area contributed by atoms with Crippen molar-refractivity contribution >= 4 is 11.8 Å². The van der Waals surface area contributed by atoms with Gasteiger partial charge in [-0.15, -0.1) is 0 Å². The van der Waals surface area contributed by atoms with Crippen molar-refractivity contribution in [3.05, 3.63) is 35.9 Å². The summed E-state index contributed by atoms with van der Waals surface area (Å²) in [4.78, 5) is 30.5. The fourth-order valence-electron chi connectivity index (χ4n) is 5.54. The van der Waals surface area contributed by atoms with Gasteiger partial charge in [0, 0.05) is 31.1 Å². The number of hydrogen-bond acceptors (Lipinski definition) is 3. The Morgan fingerprint density at radius 3 is 2.40 bits per heavy atom. The van der Waals surface area contributed by atoms with Crippen LogP contribution in [0.4, 0.5) is 0 Å². The summed E-state index contributed by atoms with van der Waals surface area (Å²) in [5.41, 5.74) is 0.873. The molecule has 164 valence electrons. The Bertz CT molecular complexity index is 736. The van der Waals surface area contributed by atoms with Crippen molar-refractivity contribution in [2.45, 2.75) is 58.4 Å². The van der Waals surface area contributed by atoms with Crippen LogP contribution >= 0.6 is 0 Å². The van der Waals surface area contributed by atoms with E-state index in [1.54, 1.807) is 0 Å². The second-order valence-electron chi connectivity index (χ2n) is 10.1. The number of likely N-dealkylation sites (tertiary alicyclic amines) is 2. The number of amides is 2. The Balaban J connectivity index is 1.53. The van der Waals surface area contributed by atoms with Crippen molar-refractivity contribution in [3.8, 4) is 0 Å². The summed E-state index contributed by atoms with van der Waals surface area (Å²) in [5.74, 6) is 1.18. The number of carbonyl (C=O) groups excluding carboxylic acids is 2. The molecule has 3 aliphatic rings. The van der Waals surface area contributed by atoms with Crippen molar-refractivity contribution in [2.75, 3.05) is 32.7 Å². The summed E-state index contributed by atoms with van der Waals surface area (Å²) >= 11 is 0. The first-order chi connectivity index (χ1) is 14.5. The fraction of sp³-hybridized carbons (Fsp3) is 0.680. The SMILES string of the molecule is CC(C)CN1CCC2(CCCN(C(=O)c3ccccc3)[C@H]2CNC(=O)C2CC2)CC1. The number of nitrogens with one attached hydrogen (secondary N) is 1. The average molecular weight is 412 g/mol. The van der Waals surface area contributed by atoms with Crippen molar-refractivity contribution in [1.29, 1.82) is 0 Å². The molecule has 1 N–H and O–H groups in total. The van der Waals surface area contributed by atoms with Gasteiger partial charge < -0.3 is 15.1 Å². The Morgan fingerprint density at radius 2 is 1.77 bits per heavy atom. The molecule has 0 aromatic heterocycles. The summed E-state index contributed by atoms with van der Waals surface area (Å²) in [6.07, 6.45) is 6.46. The van der Waals surface area contributed by atoms with Gasteiger partial charge in [0.05, 0.1) is 6.04 Å². The van der Waals surface area contributed by atoms with E-state index in [1.165, 1.54) is 0 Å². The lowest BCUT2D eigenvalue weighted by Crippen LogP contribution is -2.61. The standard InChI is InChI=1S/C25H37N3O2/c1-19(2)18-27-15-12-25(13-16-27)11-6-14-28(24(30)21-7-4-3-5-8-21)22(25)17-26-23(29)20-9-10-20/h3-5,7-8,19-20,22H,6,9-18H2,1-2H3,(H,26,29)/t22-/m0/s1. The zero-order valence-corrected chi connectivity index (χ0v) is 18.6. The molecule has 0 unspecified atom stereocenters. The maximum absolute atomic E-state index is 13.4. The number of hydrogen-bond donors (Lipinski definition) is 1. The van der Waals surface area contributed by atoms with Crippen LogP contribution in [-0.4, -0.2) is 60.4 Å². The Kier molecular flexibility index (Phi) is 6.47. The molecule has 2 aliphatic heterocycles. The lowest BCUT2D eigenvalue weighted by molar-refractivity contribution is -0.123. The molecule has 4 rings (SSSR count). The molecule has 3 fully saturated rings. The molecule has 2 saturated heterocycles. The van der Waals surface area contributed by atoms with E-state index in [2.05, 4.69) is 29.0 Å². The van der Waals surface area contributed by atoms with E-state index < -0.39 is 0 Å². The lowest BCUT2D eigenvalue weighted by atomic mass is 9.66. The molecule has 1 atom stereocenters. The lowest BCUT2D eigenvalue weighted by Gasteiger charge is -2.53.